The number of guanidine groups is 1. The number of aromatic nitrogens is 2. The minimum atomic E-state index is -2.86. The fourth-order valence-electron chi connectivity index (χ4n) is 3.09. The second-order valence-corrected chi connectivity index (χ2v) is 7.09. The maximum Gasteiger partial charge on any atom is 0.387 e. The second kappa shape index (κ2) is 11.1. The Morgan fingerprint density at radius 2 is 1.90 bits per heavy atom. The molecule has 0 unspecified atom stereocenters. The SMILES string of the molecule is CCNC(=NCc1ccc(Cn2ccnc2)cc1)NCc1cc(C)ccc1OC(F)F. The third-order valence-electron chi connectivity index (χ3n) is 4.59. The molecule has 2 N–H and O–H groups in total. The molecule has 8 heteroatoms. The third-order valence-corrected chi connectivity index (χ3v) is 4.59. The Kier molecular flexibility index (Phi) is 7.98. The molecule has 0 atom stereocenters. The molecule has 3 rings (SSSR count). The van der Waals surface area contributed by atoms with Crippen molar-refractivity contribution in [2.24, 2.45) is 4.99 Å². The van der Waals surface area contributed by atoms with E-state index in [9.17, 15) is 8.78 Å². The highest BCUT2D eigenvalue weighted by atomic mass is 19.3. The van der Waals surface area contributed by atoms with Gasteiger partial charge in [0.15, 0.2) is 5.96 Å². The number of nitrogens with zero attached hydrogens (tertiary/aromatic N) is 3. The van der Waals surface area contributed by atoms with Gasteiger partial charge < -0.3 is 19.9 Å². The minimum Gasteiger partial charge on any atom is -0.434 e. The number of alkyl halides is 2. The van der Waals surface area contributed by atoms with Crippen LogP contribution in [0.15, 0.2) is 66.2 Å². The maximum atomic E-state index is 12.7. The van der Waals surface area contributed by atoms with Crippen LogP contribution in [0.5, 0.6) is 5.75 Å². The Hall–Kier alpha value is -3.42. The summed E-state index contributed by atoms with van der Waals surface area (Å²) in [4.78, 5) is 8.66. The average molecular weight is 427 g/mol. The summed E-state index contributed by atoms with van der Waals surface area (Å²) in [6, 6.07) is 13.4. The van der Waals surface area contributed by atoms with Crippen LogP contribution in [0.25, 0.3) is 0 Å². The van der Waals surface area contributed by atoms with Crippen molar-refractivity contribution in [2.75, 3.05) is 6.54 Å². The molecule has 0 fully saturated rings. The van der Waals surface area contributed by atoms with Gasteiger partial charge in [-0.15, -0.1) is 0 Å². The number of halogens is 2. The van der Waals surface area contributed by atoms with Crippen molar-refractivity contribution in [3.8, 4) is 5.75 Å². The van der Waals surface area contributed by atoms with Crippen LogP contribution in [0.3, 0.4) is 0 Å². The molecule has 0 saturated heterocycles. The molecule has 0 saturated carbocycles. The van der Waals surface area contributed by atoms with Crippen LogP contribution in [0, 0.1) is 6.92 Å². The largest absolute Gasteiger partial charge is 0.434 e. The smallest absolute Gasteiger partial charge is 0.387 e. The predicted molar refractivity (Wildman–Crippen MR) is 117 cm³/mol. The van der Waals surface area contributed by atoms with Gasteiger partial charge in [0.05, 0.1) is 12.9 Å². The van der Waals surface area contributed by atoms with E-state index < -0.39 is 6.61 Å². The molecule has 0 aliphatic heterocycles. The van der Waals surface area contributed by atoms with Gasteiger partial charge in [-0.3, -0.25) is 0 Å². The van der Waals surface area contributed by atoms with Gasteiger partial charge in [0.2, 0.25) is 0 Å². The van der Waals surface area contributed by atoms with E-state index in [4.69, 9.17) is 0 Å². The lowest BCUT2D eigenvalue weighted by Crippen LogP contribution is -2.36. The van der Waals surface area contributed by atoms with E-state index in [-0.39, 0.29) is 5.75 Å². The molecular weight excluding hydrogens is 400 g/mol. The summed E-state index contributed by atoms with van der Waals surface area (Å²) in [6.45, 7) is 3.29. The van der Waals surface area contributed by atoms with Crippen molar-refractivity contribution in [3.05, 3.63) is 83.4 Å². The molecule has 0 amide bonds. The zero-order valence-corrected chi connectivity index (χ0v) is 17.7. The predicted octanol–water partition coefficient (Wildman–Crippen LogP) is 4.10. The number of aryl methyl sites for hydroxylation is 1. The first-order chi connectivity index (χ1) is 15.0. The highest BCUT2D eigenvalue weighted by Crippen LogP contribution is 2.22. The van der Waals surface area contributed by atoms with Crippen molar-refractivity contribution >= 4 is 5.96 Å². The summed E-state index contributed by atoms with van der Waals surface area (Å²) in [7, 11) is 0. The van der Waals surface area contributed by atoms with Gasteiger partial charge in [-0.2, -0.15) is 8.78 Å². The first kappa shape index (κ1) is 22.3. The van der Waals surface area contributed by atoms with Crippen molar-refractivity contribution in [2.45, 2.75) is 40.1 Å². The molecule has 2 aromatic carbocycles. The van der Waals surface area contributed by atoms with Gasteiger partial charge in [0.1, 0.15) is 5.75 Å². The molecule has 164 valence electrons. The maximum absolute atomic E-state index is 12.7. The molecule has 1 aromatic heterocycles. The van der Waals surface area contributed by atoms with Gasteiger partial charge >= 0.3 is 6.61 Å². The first-order valence-corrected chi connectivity index (χ1v) is 10.1. The van der Waals surface area contributed by atoms with E-state index in [0.717, 1.165) is 17.7 Å². The fourth-order valence-corrected chi connectivity index (χ4v) is 3.09. The summed E-state index contributed by atoms with van der Waals surface area (Å²) >= 11 is 0. The van der Waals surface area contributed by atoms with E-state index in [2.05, 4.69) is 49.6 Å². The normalized spacial score (nSPS) is 11.6. The summed E-state index contributed by atoms with van der Waals surface area (Å²) < 4.78 is 32.0. The van der Waals surface area contributed by atoms with Crippen LogP contribution in [-0.2, 0) is 19.6 Å². The summed E-state index contributed by atoms with van der Waals surface area (Å²) in [5, 5.41) is 6.37. The Labute approximate surface area is 181 Å². The van der Waals surface area contributed by atoms with Gasteiger partial charge in [0.25, 0.3) is 0 Å². The van der Waals surface area contributed by atoms with Crippen LogP contribution in [0.4, 0.5) is 8.78 Å². The minimum absolute atomic E-state index is 0.164. The summed E-state index contributed by atoms with van der Waals surface area (Å²) in [6.07, 6.45) is 5.48. The Morgan fingerprint density at radius 3 is 2.58 bits per heavy atom. The molecule has 0 aliphatic rings. The van der Waals surface area contributed by atoms with Crippen LogP contribution in [0.2, 0.25) is 0 Å². The fraction of sp³-hybridized carbons (Fsp3) is 0.304. The Morgan fingerprint density at radius 1 is 1.13 bits per heavy atom. The number of hydrogen-bond donors (Lipinski definition) is 2. The number of aliphatic imine (C=N–C) groups is 1. The summed E-state index contributed by atoms with van der Waals surface area (Å²) in [5.41, 5.74) is 3.87. The molecule has 0 radical (unpaired) electrons. The Balaban J connectivity index is 1.62. The van der Waals surface area contributed by atoms with E-state index in [1.165, 1.54) is 5.56 Å². The quantitative estimate of drug-likeness (QED) is 0.399. The zero-order chi connectivity index (χ0) is 22.1. The van der Waals surface area contributed by atoms with Gasteiger partial charge in [0, 0.05) is 37.6 Å². The van der Waals surface area contributed by atoms with E-state index in [1.807, 2.05) is 30.7 Å². The molecule has 0 aliphatic carbocycles. The first-order valence-electron chi connectivity index (χ1n) is 10.1. The number of imidazole rings is 1. The molecule has 6 nitrogen and oxygen atoms in total. The lowest BCUT2D eigenvalue weighted by Gasteiger charge is -2.15. The number of rotatable bonds is 9. The molecular formula is C23H27F2N5O. The van der Waals surface area contributed by atoms with Crippen molar-refractivity contribution < 1.29 is 13.5 Å². The van der Waals surface area contributed by atoms with Crippen LogP contribution >= 0.6 is 0 Å². The standard InChI is InChI=1S/C23H27F2N5O/c1-3-27-23(29-14-20-12-17(2)4-9-21(20)31-22(24)25)28-13-18-5-7-19(8-6-18)15-30-11-10-26-16-30/h4-12,16,22H,3,13-15H2,1-2H3,(H2,27,28,29). The monoisotopic (exact) mass is 427 g/mol. The number of nitrogens with one attached hydrogen (secondary N) is 2. The van der Waals surface area contributed by atoms with E-state index in [0.29, 0.717) is 31.2 Å². The summed E-state index contributed by atoms with van der Waals surface area (Å²) in [5.74, 6) is 0.770. The van der Waals surface area contributed by atoms with Crippen LogP contribution in [0.1, 0.15) is 29.2 Å². The average Bonchev–Trinajstić information content (AvgIpc) is 3.25. The van der Waals surface area contributed by atoms with Crippen molar-refractivity contribution in [1.29, 1.82) is 0 Å². The topological polar surface area (TPSA) is 63.5 Å². The highest BCUT2D eigenvalue weighted by molar-refractivity contribution is 5.79. The molecule has 31 heavy (non-hydrogen) atoms. The Bertz CT molecular complexity index is 972. The van der Waals surface area contributed by atoms with E-state index >= 15 is 0 Å². The molecule has 0 spiro atoms. The lowest BCUT2D eigenvalue weighted by atomic mass is 10.1. The molecule has 3 aromatic rings. The van der Waals surface area contributed by atoms with Crippen LogP contribution < -0.4 is 15.4 Å². The van der Waals surface area contributed by atoms with Crippen LogP contribution in [-0.4, -0.2) is 28.7 Å². The third kappa shape index (κ3) is 7.09. The van der Waals surface area contributed by atoms with Crippen molar-refractivity contribution in [1.82, 2.24) is 20.2 Å². The molecule has 1 heterocycles. The van der Waals surface area contributed by atoms with Crippen molar-refractivity contribution in [3.63, 3.8) is 0 Å². The second-order valence-electron chi connectivity index (χ2n) is 7.09. The number of hydrogen-bond acceptors (Lipinski definition) is 3. The zero-order valence-electron chi connectivity index (χ0n) is 17.7. The highest BCUT2D eigenvalue weighted by Gasteiger charge is 2.10. The van der Waals surface area contributed by atoms with E-state index in [1.54, 1.807) is 24.7 Å². The van der Waals surface area contributed by atoms with Gasteiger partial charge in [-0.25, -0.2) is 9.98 Å². The number of benzene rings is 2. The molecule has 0 bridgehead atoms. The lowest BCUT2D eigenvalue weighted by molar-refractivity contribution is -0.0504. The van der Waals surface area contributed by atoms with Gasteiger partial charge in [-0.1, -0.05) is 42.0 Å². The number of ether oxygens (including phenoxy) is 1. The van der Waals surface area contributed by atoms with Gasteiger partial charge in [-0.05, 0) is 31.0 Å².